The van der Waals surface area contributed by atoms with Gasteiger partial charge in [0.05, 0.1) is 5.60 Å². The lowest BCUT2D eigenvalue weighted by Crippen LogP contribution is -2.37. The Morgan fingerprint density at radius 2 is 2.10 bits per heavy atom. The Labute approximate surface area is 61.9 Å². The molecular weight excluding hydrogens is 130 g/mol. The van der Waals surface area contributed by atoms with E-state index >= 15 is 0 Å². The zero-order chi connectivity index (χ0) is 8.04. The first-order valence-corrected chi connectivity index (χ1v) is 3.72. The van der Waals surface area contributed by atoms with E-state index in [-0.39, 0.29) is 13.2 Å². The Hall–Kier alpha value is -0.120. The molecule has 0 aromatic rings. The summed E-state index contributed by atoms with van der Waals surface area (Å²) in [6.07, 6.45) is 1.88. The van der Waals surface area contributed by atoms with Gasteiger partial charge in [0.1, 0.15) is 0 Å². The monoisotopic (exact) mass is 147 g/mol. The number of aliphatic hydroxyl groups is 2. The average molecular weight is 147 g/mol. The SMILES string of the molecule is CC[C@](O)(CN)CCCO. The first-order chi connectivity index (χ1) is 4.68. The largest absolute Gasteiger partial charge is 0.396 e. The first kappa shape index (κ1) is 9.88. The van der Waals surface area contributed by atoms with E-state index in [1.165, 1.54) is 0 Å². The van der Waals surface area contributed by atoms with Crippen molar-refractivity contribution in [3.8, 4) is 0 Å². The molecule has 0 aromatic heterocycles. The topological polar surface area (TPSA) is 66.5 Å². The molecule has 0 spiro atoms. The van der Waals surface area contributed by atoms with Crippen molar-refractivity contribution in [2.24, 2.45) is 5.73 Å². The summed E-state index contributed by atoms with van der Waals surface area (Å²) in [5.41, 5.74) is 4.58. The van der Waals surface area contributed by atoms with Gasteiger partial charge in [-0.2, -0.15) is 0 Å². The molecule has 10 heavy (non-hydrogen) atoms. The van der Waals surface area contributed by atoms with Gasteiger partial charge in [-0.05, 0) is 19.3 Å². The molecule has 0 fully saturated rings. The van der Waals surface area contributed by atoms with Gasteiger partial charge in [-0.1, -0.05) is 6.92 Å². The van der Waals surface area contributed by atoms with Gasteiger partial charge in [0.25, 0.3) is 0 Å². The van der Waals surface area contributed by atoms with Crippen LogP contribution in [0.3, 0.4) is 0 Å². The van der Waals surface area contributed by atoms with Crippen molar-refractivity contribution in [3.05, 3.63) is 0 Å². The van der Waals surface area contributed by atoms with Gasteiger partial charge < -0.3 is 15.9 Å². The highest BCUT2D eigenvalue weighted by molar-refractivity contribution is 4.76. The molecule has 62 valence electrons. The number of rotatable bonds is 5. The van der Waals surface area contributed by atoms with E-state index < -0.39 is 5.60 Å². The lowest BCUT2D eigenvalue weighted by Gasteiger charge is -2.24. The van der Waals surface area contributed by atoms with Crippen LogP contribution < -0.4 is 5.73 Å². The zero-order valence-corrected chi connectivity index (χ0v) is 6.51. The van der Waals surface area contributed by atoms with Gasteiger partial charge in [0.2, 0.25) is 0 Å². The third kappa shape index (κ3) is 3.15. The Kier molecular flexibility index (Phi) is 4.60. The van der Waals surface area contributed by atoms with Crippen molar-refractivity contribution in [3.63, 3.8) is 0 Å². The summed E-state index contributed by atoms with van der Waals surface area (Å²) in [6, 6.07) is 0. The van der Waals surface area contributed by atoms with Gasteiger partial charge in [-0.25, -0.2) is 0 Å². The van der Waals surface area contributed by atoms with Crippen LogP contribution >= 0.6 is 0 Å². The second kappa shape index (κ2) is 4.66. The molecule has 0 radical (unpaired) electrons. The summed E-state index contributed by atoms with van der Waals surface area (Å²) in [5.74, 6) is 0. The molecular formula is C7H17NO2. The summed E-state index contributed by atoms with van der Waals surface area (Å²) in [6.45, 7) is 2.30. The van der Waals surface area contributed by atoms with Crippen LogP contribution in [0.25, 0.3) is 0 Å². The van der Waals surface area contributed by atoms with E-state index in [4.69, 9.17) is 10.8 Å². The Bertz CT molecular complexity index is 81.7. The normalized spacial score (nSPS) is 16.8. The van der Waals surface area contributed by atoms with Crippen molar-refractivity contribution in [1.82, 2.24) is 0 Å². The Balaban J connectivity index is 3.58. The summed E-state index contributed by atoms with van der Waals surface area (Å²) < 4.78 is 0. The molecule has 1 atom stereocenters. The Morgan fingerprint density at radius 3 is 2.40 bits per heavy atom. The number of hydrogen-bond donors (Lipinski definition) is 3. The first-order valence-electron chi connectivity index (χ1n) is 3.72. The van der Waals surface area contributed by atoms with Gasteiger partial charge in [0, 0.05) is 13.2 Å². The van der Waals surface area contributed by atoms with E-state index in [0.29, 0.717) is 19.3 Å². The van der Waals surface area contributed by atoms with Gasteiger partial charge in [0.15, 0.2) is 0 Å². The summed E-state index contributed by atoms with van der Waals surface area (Å²) >= 11 is 0. The van der Waals surface area contributed by atoms with Gasteiger partial charge >= 0.3 is 0 Å². The zero-order valence-electron chi connectivity index (χ0n) is 6.51. The van der Waals surface area contributed by atoms with Crippen LogP contribution in [0.2, 0.25) is 0 Å². The molecule has 0 heterocycles. The molecule has 0 amide bonds. The highest BCUT2D eigenvalue weighted by Crippen LogP contribution is 2.14. The molecule has 0 aliphatic heterocycles. The predicted octanol–water partition coefficient (Wildman–Crippen LogP) is -0.141. The Morgan fingerprint density at radius 1 is 1.50 bits per heavy atom. The molecule has 0 saturated heterocycles. The maximum atomic E-state index is 9.52. The van der Waals surface area contributed by atoms with Crippen molar-refractivity contribution < 1.29 is 10.2 Å². The minimum atomic E-state index is -0.747. The van der Waals surface area contributed by atoms with Crippen LogP contribution in [0.4, 0.5) is 0 Å². The molecule has 0 saturated carbocycles. The summed E-state index contributed by atoms with van der Waals surface area (Å²) in [7, 11) is 0. The van der Waals surface area contributed by atoms with Crippen LogP contribution in [0.1, 0.15) is 26.2 Å². The average Bonchev–Trinajstić information content (AvgIpc) is 2.00. The highest BCUT2D eigenvalue weighted by Gasteiger charge is 2.21. The van der Waals surface area contributed by atoms with Crippen LogP contribution in [0, 0.1) is 0 Å². The minimum absolute atomic E-state index is 0.127. The fraction of sp³-hybridized carbons (Fsp3) is 1.00. The second-order valence-corrected chi connectivity index (χ2v) is 2.61. The van der Waals surface area contributed by atoms with E-state index in [1.54, 1.807) is 0 Å². The molecule has 0 aliphatic carbocycles. The minimum Gasteiger partial charge on any atom is -0.396 e. The molecule has 4 N–H and O–H groups in total. The molecule has 0 unspecified atom stereocenters. The number of aliphatic hydroxyl groups excluding tert-OH is 1. The van der Waals surface area contributed by atoms with Crippen molar-refractivity contribution in [1.29, 1.82) is 0 Å². The molecule has 3 nitrogen and oxygen atoms in total. The summed E-state index contributed by atoms with van der Waals surface area (Å²) in [4.78, 5) is 0. The lowest BCUT2D eigenvalue weighted by molar-refractivity contribution is 0.0299. The van der Waals surface area contributed by atoms with Crippen molar-refractivity contribution in [2.45, 2.75) is 31.8 Å². The number of hydrogen-bond acceptors (Lipinski definition) is 3. The standard InChI is InChI=1S/C7H17NO2/c1-2-7(10,6-8)4-3-5-9/h9-10H,2-6,8H2,1H3/t7-/m1/s1. The van der Waals surface area contributed by atoms with Crippen molar-refractivity contribution in [2.75, 3.05) is 13.2 Å². The van der Waals surface area contributed by atoms with Gasteiger partial charge in [-0.15, -0.1) is 0 Å². The van der Waals surface area contributed by atoms with Crippen LogP contribution in [0.5, 0.6) is 0 Å². The van der Waals surface area contributed by atoms with E-state index in [0.717, 1.165) is 0 Å². The van der Waals surface area contributed by atoms with Crippen molar-refractivity contribution >= 4 is 0 Å². The number of nitrogens with two attached hydrogens (primary N) is 1. The molecule has 0 aromatic carbocycles. The van der Waals surface area contributed by atoms with Crippen LogP contribution in [-0.2, 0) is 0 Å². The smallest absolute Gasteiger partial charge is 0.0767 e. The van der Waals surface area contributed by atoms with E-state index in [1.807, 2.05) is 6.92 Å². The molecule has 3 heteroatoms. The molecule has 0 rings (SSSR count). The van der Waals surface area contributed by atoms with E-state index in [9.17, 15) is 5.11 Å². The fourth-order valence-corrected chi connectivity index (χ4v) is 0.831. The van der Waals surface area contributed by atoms with Gasteiger partial charge in [-0.3, -0.25) is 0 Å². The second-order valence-electron chi connectivity index (χ2n) is 2.61. The third-order valence-corrected chi connectivity index (χ3v) is 1.84. The quantitative estimate of drug-likeness (QED) is 0.507. The highest BCUT2D eigenvalue weighted by atomic mass is 16.3. The van der Waals surface area contributed by atoms with E-state index in [2.05, 4.69) is 0 Å². The lowest BCUT2D eigenvalue weighted by atomic mass is 9.95. The van der Waals surface area contributed by atoms with Crippen LogP contribution in [-0.4, -0.2) is 29.0 Å². The molecule has 0 bridgehead atoms. The summed E-state index contributed by atoms with van der Waals surface area (Å²) in [5, 5.41) is 18.0. The molecule has 0 aliphatic rings. The fourth-order valence-electron chi connectivity index (χ4n) is 0.831. The maximum Gasteiger partial charge on any atom is 0.0767 e. The maximum absolute atomic E-state index is 9.52. The van der Waals surface area contributed by atoms with Crippen LogP contribution in [0.15, 0.2) is 0 Å². The third-order valence-electron chi connectivity index (χ3n) is 1.84. The predicted molar refractivity (Wildman–Crippen MR) is 40.6 cm³/mol.